The molecular formula is C15H25ClN2O2. The van der Waals surface area contributed by atoms with Gasteiger partial charge in [-0.3, -0.25) is 4.79 Å². The minimum Gasteiger partial charge on any atom is -0.492 e. The Kier molecular flexibility index (Phi) is 9.86. The number of hydrogen-bond acceptors (Lipinski definition) is 3. The van der Waals surface area contributed by atoms with E-state index < -0.39 is 0 Å². The Bertz CT molecular complexity index is 380. The molecule has 0 saturated carbocycles. The lowest BCUT2D eigenvalue weighted by atomic mass is 10.0. The van der Waals surface area contributed by atoms with E-state index in [1.54, 1.807) is 0 Å². The number of carbonyl (C=O) groups is 1. The van der Waals surface area contributed by atoms with E-state index in [1.165, 1.54) is 5.56 Å². The smallest absolute Gasteiger partial charge is 0.221 e. The number of nitrogens with one attached hydrogen (secondary N) is 2. The number of halogens is 1. The van der Waals surface area contributed by atoms with Crippen LogP contribution in [-0.4, -0.2) is 32.7 Å². The van der Waals surface area contributed by atoms with E-state index in [1.807, 2.05) is 19.2 Å². The lowest BCUT2D eigenvalue weighted by Crippen LogP contribution is -2.30. The summed E-state index contributed by atoms with van der Waals surface area (Å²) in [6, 6.07) is 8.09. The number of amides is 1. The van der Waals surface area contributed by atoms with E-state index in [-0.39, 0.29) is 18.3 Å². The molecule has 1 aromatic carbocycles. The third kappa shape index (κ3) is 7.36. The first kappa shape index (κ1) is 18.7. The highest BCUT2D eigenvalue weighted by atomic mass is 35.5. The average Bonchev–Trinajstić information content (AvgIpc) is 2.41. The van der Waals surface area contributed by atoms with E-state index in [4.69, 9.17) is 4.74 Å². The Hall–Kier alpha value is -1.26. The van der Waals surface area contributed by atoms with Gasteiger partial charge in [-0.2, -0.15) is 0 Å². The molecule has 0 aliphatic carbocycles. The number of benzene rings is 1. The first-order valence-electron chi connectivity index (χ1n) is 6.77. The zero-order valence-corrected chi connectivity index (χ0v) is 13.3. The highest BCUT2D eigenvalue weighted by Crippen LogP contribution is 2.18. The molecule has 114 valence electrons. The molecule has 0 aliphatic heterocycles. The molecule has 0 heterocycles. The van der Waals surface area contributed by atoms with Crippen molar-refractivity contribution in [3.05, 3.63) is 29.8 Å². The van der Waals surface area contributed by atoms with Crippen LogP contribution in [0.25, 0.3) is 0 Å². The molecule has 0 aliphatic rings. The zero-order valence-electron chi connectivity index (χ0n) is 12.4. The fraction of sp³-hybridized carbons (Fsp3) is 0.533. The number of ether oxygens (including phenoxy) is 1. The molecule has 0 atom stereocenters. The van der Waals surface area contributed by atoms with Gasteiger partial charge in [0.1, 0.15) is 12.4 Å². The van der Waals surface area contributed by atoms with Crippen LogP contribution in [0.1, 0.15) is 31.7 Å². The second kappa shape index (κ2) is 10.5. The first-order valence-corrected chi connectivity index (χ1v) is 6.77. The molecule has 4 nitrogen and oxygen atoms in total. The molecule has 0 aromatic heterocycles. The SMILES string of the molecule is CNCCC(=O)NCCOc1ccc(C(C)C)cc1.Cl. The Morgan fingerprint density at radius 2 is 1.85 bits per heavy atom. The summed E-state index contributed by atoms with van der Waals surface area (Å²) >= 11 is 0. The van der Waals surface area contributed by atoms with E-state index in [0.717, 1.165) is 5.75 Å². The van der Waals surface area contributed by atoms with Crippen molar-refractivity contribution >= 4 is 18.3 Å². The van der Waals surface area contributed by atoms with Crippen molar-refractivity contribution in [1.82, 2.24) is 10.6 Å². The van der Waals surface area contributed by atoms with Gasteiger partial charge < -0.3 is 15.4 Å². The van der Waals surface area contributed by atoms with Gasteiger partial charge >= 0.3 is 0 Å². The number of rotatable bonds is 8. The highest BCUT2D eigenvalue weighted by molar-refractivity contribution is 5.85. The second-order valence-corrected chi connectivity index (χ2v) is 4.78. The van der Waals surface area contributed by atoms with Gasteiger partial charge in [-0.1, -0.05) is 26.0 Å². The highest BCUT2D eigenvalue weighted by Gasteiger charge is 2.01. The van der Waals surface area contributed by atoms with Crippen LogP contribution in [0, 0.1) is 0 Å². The second-order valence-electron chi connectivity index (χ2n) is 4.78. The molecule has 0 saturated heterocycles. The molecule has 0 fully saturated rings. The van der Waals surface area contributed by atoms with Crippen molar-refractivity contribution in [3.63, 3.8) is 0 Å². The van der Waals surface area contributed by atoms with Crippen LogP contribution in [0.4, 0.5) is 0 Å². The first-order chi connectivity index (χ1) is 9.13. The Morgan fingerprint density at radius 1 is 1.20 bits per heavy atom. The zero-order chi connectivity index (χ0) is 14.1. The summed E-state index contributed by atoms with van der Waals surface area (Å²) in [6.07, 6.45) is 0.500. The minimum atomic E-state index is 0. The molecule has 1 rings (SSSR count). The Balaban J connectivity index is 0.00000361. The average molecular weight is 301 g/mol. The van der Waals surface area contributed by atoms with E-state index in [9.17, 15) is 4.79 Å². The largest absolute Gasteiger partial charge is 0.492 e. The van der Waals surface area contributed by atoms with Gasteiger partial charge in [0.2, 0.25) is 5.91 Å². The molecule has 2 N–H and O–H groups in total. The summed E-state index contributed by atoms with van der Waals surface area (Å²) in [5.41, 5.74) is 1.30. The van der Waals surface area contributed by atoms with Crippen molar-refractivity contribution in [3.8, 4) is 5.75 Å². The summed E-state index contributed by atoms with van der Waals surface area (Å²) < 4.78 is 5.57. The van der Waals surface area contributed by atoms with Crippen LogP contribution in [0.5, 0.6) is 5.75 Å². The van der Waals surface area contributed by atoms with Crippen molar-refractivity contribution < 1.29 is 9.53 Å². The van der Waals surface area contributed by atoms with Crippen LogP contribution in [-0.2, 0) is 4.79 Å². The van der Waals surface area contributed by atoms with Crippen molar-refractivity contribution in [2.24, 2.45) is 0 Å². The van der Waals surface area contributed by atoms with Gasteiger partial charge in [-0.15, -0.1) is 12.4 Å². The van der Waals surface area contributed by atoms with Crippen molar-refractivity contribution in [2.45, 2.75) is 26.2 Å². The van der Waals surface area contributed by atoms with Gasteiger partial charge in [-0.05, 0) is 30.7 Å². The molecular weight excluding hydrogens is 276 g/mol. The summed E-state index contributed by atoms with van der Waals surface area (Å²) in [6.45, 7) is 6.05. The number of hydrogen-bond donors (Lipinski definition) is 2. The summed E-state index contributed by atoms with van der Waals surface area (Å²) in [7, 11) is 1.83. The van der Waals surface area contributed by atoms with E-state index in [0.29, 0.717) is 32.0 Å². The lowest BCUT2D eigenvalue weighted by Gasteiger charge is -2.09. The standard InChI is InChI=1S/C15H24N2O2.ClH/c1-12(2)13-4-6-14(7-5-13)19-11-10-17-15(18)8-9-16-3;/h4-7,12,16H,8-11H2,1-3H3,(H,17,18);1H. The summed E-state index contributed by atoms with van der Waals surface area (Å²) in [5.74, 6) is 1.42. The van der Waals surface area contributed by atoms with Gasteiger partial charge in [0, 0.05) is 13.0 Å². The molecule has 0 bridgehead atoms. The van der Waals surface area contributed by atoms with Crippen molar-refractivity contribution in [1.29, 1.82) is 0 Å². The van der Waals surface area contributed by atoms with Crippen LogP contribution in [0.15, 0.2) is 24.3 Å². The molecule has 20 heavy (non-hydrogen) atoms. The maximum Gasteiger partial charge on any atom is 0.221 e. The Morgan fingerprint density at radius 3 is 2.40 bits per heavy atom. The van der Waals surface area contributed by atoms with E-state index >= 15 is 0 Å². The van der Waals surface area contributed by atoms with Crippen molar-refractivity contribution in [2.75, 3.05) is 26.7 Å². The molecule has 1 amide bonds. The Labute approximate surface area is 127 Å². The lowest BCUT2D eigenvalue weighted by molar-refractivity contribution is -0.121. The maximum absolute atomic E-state index is 11.3. The molecule has 5 heteroatoms. The third-order valence-electron chi connectivity index (χ3n) is 2.84. The maximum atomic E-state index is 11.3. The van der Waals surface area contributed by atoms with Gasteiger partial charge in [0.05, 0.1) is 6.54 Å². The van der Waals surface area contributed by atoms with E-state index in [2.05, 4.69) is 36.6 Å². The fourth-order valence-electron chi connectivity index (χ4n) is 1.64. The van der Waals surface area contributed by atoms with Gasteiger partial charge in [-0.25, -0.2) is 0 Å². The number of carbonyl (C=O) groups excluding carboxylic acids is 1. The van der Waals surface area contributed by atoms with Gasteiger partial charge in [0.15, 0.2) is 0 Å². The van der Waals surface area contributed by atoms with Gasteiger partial charge in [0.25, 0.3) is 0 Å². The normalized spacial score (nSPS) is 10.0. The van der Waals surface area contributed by atoms with Crippen LogP contribution < -0.4 is 15.4 Å². The molecule has 1 aromatic rings. The predicted octanol–water partition coefficient (Wildman–Crippen LogP) is 2.34. The van der Waals surface area contributed by atoms with Crippen LogP contribution in [0.3, 0.4) is 0 Å². The van der Waals surface area contributed by atoms with Crippen LogP contribution >= 0.6 is 12.4 Å². The topological polar surface area (TPSA) is 50.4 Å². The molecule has 0 radical (unpaired) electrons. The predicted molar refractivity (Wildman–Crippen MR) is 84.8 cm³/mol. The summed E-state index contributed by atoms with van der Waals surface area (Å²) in [5, 5.41) is 5.75. The monoisotopic (exact) mass is 300 g/mol. The quantitative estimate of drug-likeness (QED) is 0.725. The molecule has 0 spiro atoms. The fourth-order valence-corrected chi connectivity index (χ4v) is 1.64. The summed E-state index contributed by atoms with van der Waals surface area (Å²) in [4.78, 5) is 11.3. The minimum absolute atomic E-state index is 0. The molecule has 0 unspecified atom stereocenters. The van der Waals surface area contributed by atoms with Crippen LogP contribution in [0.2, 0.25) is 0 Å². The third-order valence-corrected chi connectivity index (χ3v) is 2.84.